The average molecular weight is 350 g/mol. The van der Waals surface area contributed by atoms with Crippen LogP contribution in [-0.2, 0) is 17.6 Å². The second-order valence-electron chi connectivity index (χ2n) is 6.41. The second-order valence-corrected chi connectivity index (χ2v) is 6.41. The van der Waals surface area contributed by atoms with Crippen molar-refractivity contribution in [2.45, 2.75) is 25.7 Å². The molecule has 0 fully saturated rings. The highest BCUT2D eigenvalue weighted by atomic mass is 19.1. The molecule has 1 aliphatic heterocycles. The molecule has 1 aliphatic rings. The molecule has 0 unspecified atom stereocenters. The van der Waals surface area contributed by atoms with Gasteiger partial charge < -0.3 is 9.32 Å². The summed E-state index contributed by atoms with van der Waals surface area (Å²) in [6, 6.07) is 14.4. The van der Waals surface area contributed by atoms with E-state index in [1.807, 2.05) is 30.3 Å². The van der Waals surface area contributed by atoms with Gasteiger partial charge in [0, 0.05) is 30.6 Å². The van der Waals surface area contributed by atoms with E-state index in [1.54, 1.807) is 17.2 Å². The van der Waals surface area contributed by atoms with Crippen molar-refractivity contribution in [2.24, 2.45) is 0 Å². The summed E-state index contributed by atoms with van der Waals surface area (Å²) in [6.45, 7) is 0.665. The Morgan fingerprint density at radius 1 is 1.19 bits per heavy atom. The summed E-state index contributed by atoms with van der Waals surface area (Å²) >= 11 is 0. The number of aromatic nitrogens is 1. The zero-order valence-corrected chi connectivity index (χ0v) is 14.3. The Hall–Kier alpha value is -2.95. The van der Waals surface area contributed by atoms with Crippen LogP contribution in [-0.4, -0.2) is 17.4 Å². The maximum atomic E-state index is 13.4. The summed E-state index contributed by atoms with van der Waals surface area (Å²) in [5.74, 6) is 1.00. The third kappa shape index (κ3) is 3.38. The molecule has 0 spiro atoms. The molecule has 4 nitrogen and oxygen atoms in total. The third-order valence-electron chi connectivity index (χ3n) is 4.63. The molecule has 3 aromatic rings. The summed E-state index contributed by atoms with van der Waals surface area (Å²) in [6.07, 6.45) is 4.09. The summed E-state index contributed by atoms with van der Waals surface area (Å²) < 4.78 is 19.2. The van der Waals surface area contributed by atoms with Crippen molar-refractivity contribution in [2.75, 3.05) is 11.4 Å². The fourth-order valence-electron chi connectivity index (χ4n) is 3.34. The first-order chi connectivity index (χ1) is 12.7. The van der Waals surface area contributed by atoms with Crippen LogP contribution in [0.5, 0.6) is 0 Å². The van der Waals surface area contributed by atoms with Crippen molar-refractivity contribution in [1.29, 1.82) is 0 Å². The molecular formula is C21H19FN2O2. The van der Waals surface area contributed by atoms with E-state index in [-0.39, 0.29) is 11.7 Å². The number of oxazole rings is 1. The lowest BCUT2D eigenvalue weighted by atomic mass is 10.0. The highest BCUT2D eigenvalue weighted by Crippen LogP contribution is 2.28. The number of anilines is 1. The lowest BCUT2D eigenvalue weighted by Crippen LogP contribution is -2.35. The van der Waals surface area contributed by atoms with Gasteiger partial charge in [-0.1, -0.05) is 30.3 Å². The molecule has 1 aromatic heterocycles. The molecule has 0 atom stereocenters. The maximum Gasteiger partial charge on any atom is 0.227 e. The van der Waals surface area contributed by atoms with Crippen molar-refractivity contribution in [1.82, 2.24) is 4.98 Å². The van der Waals surface area contributed by atoms with Crippen LogP contribution in [0.3, 0.4) is 0 Å². The number of aryl methyl sites for hydroxylation is 2. The summed E-state index contributed by atoms with van der Waals surface area (Å²) in [5.41, 5.74) is 2.68. The predicted octanol–water partition coefficient (Wildman–Crippen LogP) is 4.39. The Bertz CT molecular complexity index is 921. The molecule has 5 heteroatoms. The van der Waals surface area contributed by atoms with Crippen LogP contribution in [0.2, 0.25) is 0 Å². The van der Waals surface area contributed by atoms with Gasteiger partial charge in [0.25, 0.3) is 0 Å². The van der Waals surface area contributed by atoms with Crippen molar-refractivity contribution in [3.63, 3.8) is 0 Å². The van der Waals surface area contributed by atoms with Gasteiger partial charge in [-0.2, -0.15) is 0 Å². The number of nitrogens with zero attached hydrogens (tertiary/aromatic N) is 2. The number of fused-ring (bicyclic) bond motifs is 1. The normalized spacial score (nSPS) is 13.5. The minimum atomic E-state index is -0.258. The van der Waals surface area contributed by atoms with Crippen molar-refractivity contribution in [3.05, 3.63) is 72.0 Å². The van der Waals surface area contributed by atoms with Gasteiger partial charge >= 0.3 is 0 Å². The molecule has 0 aliphatic carbocycles. The molecule has 0 N–H and O–H groups in total. The lowest BCUT2D eigenvalue weighted by molar-refractivity contribution is -0.118. The molecule has 0 radical (unpaired) electrons. The van der Waals surface area contributed by atoms with E-state index < -0.39 is 0 Å². The van der Waals surface area contributed by atoms with Gasteiger partial charge in [0.2, 0.25) is 5.91 Å². The minimum Gasteiger partial charge on any atom is -0.441 e. The maximum absolute atomic E-state index is 13.4. The van der Waals surface area contributed by atoms with Crippen LogP contribution in [0.25, 0.3) is 11.3 Å². The third-order valence-corrected chi connectivity index (χ3v) is 4.63. The number of halogens is 1. The zero-order chi connectivity index (χ0) is 17.9. The second kappa shape index (κ2) is 7.12. The number of carbonyl (C=O) groups excluding carboxylic acids is 1. The number of rotatable bonds is 4. The Labute approximate surface area is 151 Å². The van der Waals surface area contributed by atoms with Crippen LogP contribution in [0.1, 0.15) is 24.3 Å². The Morgan fingerprint density at radius 2 is 2.04 bits per heavy atom. The molecule has 0 saturated heterocycles. The smallest absolute Gasteiger partial charge is 0.227 e. The first-order valence-corrected chi connectivity index (χ1v) is 8.79. The number of hydrogen-bond acceptors (Lipinski definition) is 3. The largest absolute Gasteiger partial charge is 0.441 e. The number of amides is 1. The van der Waals surface area contributed by atoms with Gasteiger partial charge in [0.1, 0.15) is 5.82 Å². The highest BCUT2D eigenvalue weighted by molar-refractivity contribution is 5.94. The van der Waals surface area contributed by atoms with Crippen LogP contribution in [0, 0.1) is 5.82 Å². The number of benzene rings is 2. The Kier molecular flexibility index (Phi) is 4.52. The molecule has 132 valence electrons. The van der Waals surface area contributed by atoms with Crippen LogP contribution in [0.4, 0.5) is 10.1 Å². The summed E-state index contributed by atoms with van der Waals surface area (Å²) in [7, 11) is 0. The Balaban J connectivity index is 1.43. The molecule has 0 bridgehead atoms. The van der Waals surface area contributed by atoms with Gasteiger partial charge in [-0.3, -0.25) is 4.79 Å². The van der Waals surface area contributed by atoms with Gasteiger partial charge in [-0.05, 0) is 36.6 Å². The molecule has 0 saturated carbocycles. The SMILES string of the molecule is O=C(CCc1ncc(-c2ccccc2)o1)N1CCCc2cc(F)ccc21. The van der Waals surface area contributed by atoms with Crippen molar-refractivity contribution in [3.8, 4) is 11.3 Å². The molecule has 1 amide bonds. The van der Waals surface area contributed by atoms with Gasteiger partial charge in [-0.15, -0.1) is 0 Å². The van der Waals surface area contributed by atoms with Crippen molar-refractivity contribution >= 4 is 11.6 Å². The van der Waals surface area contributed by atoms with E-state index in [0.717, 1.165) is 29.7 Å². The van der Waals surface area contributed by atoms with E-state index in [2.05, 4.69) is 4.98 Å². The summed E-state index contributed by atoms with van der Waals surface area (Å²) in [4.78, 5) is 18.7. The quantitative estimate of drug-likeness (QED) is 0.701. The predicted molar refractivity (Wildman–Crippen MR) is 97.3 cm³/mol. The van der Waals surface area contributed by atoms with Crippen molar-refractivity contribution < 1.29 is 13.6 Å². The minimum absolute atomic E-state index is 0.0111. The van der Waals surface area contributed by atoms with E-state index >= 15 is 0 Å². The molecule has 2 heterocycles. The average Bonchev–Trinajstić information content (AvgIpc) is 3.15. The molecular weight excluding hydrogens is 331 g/mol. The van der Waals surface area contributed by atoms with Crippen LogP contribution < -0.4 is 4.90 Å². The van der Waals surface area contributed by atoms with Gasteiger partial charge in [0.15, 0.2) is 11.7 Å². The first-order valence-electron chi connectivity index (χ1n) is 8.79. The lowest BCUT2D eigenvalue weighted by Gasteiger charge is -2.29. The molecule has 2 aromatic carbocycles. The van der Waals surface area contributed by atoms with Gasteiger partial charge in [0.05, 0.1) is 6.20 Å². The molecule has 4 rings (SSSR count). The summed E-state index contributed by atoms with van der Waals surface area (Å²) in [5, 5.41) is 0. The molecule has 26 heavy (non-hydrogen) atoms. The monoisotopic (exact) mass is 350 g/mol. The fraction of sp³-hybridized carbons (Fsp3) is 0.238. The zero-order valence-electron chi connectivity index (χ0n) is 14.3. The van der Waals surface area contributed by atoms with Crippen LogP contribution in [0.15, 0.2) is 59.1 Å². The van der Waals surface area contributed by atoms with E-state index in [0.29, 0.717) is 31.0 Å². The first kappa shape index (κ1) is 16.5. The van der Waals surface area contributed by atoms with Gasteiger partial charge in [-0.25, -0.2) is 9.37 Å². The highest BCUT2D eigenvalue weighted by Gasteiger charge is 2.23. The van der Waals surface area contributed by atoms with E-state index in [1.165, 1.54) is 12.1 Å². The Morgan fingerprint density at radius 3 is 2.88 bits per heavy atom. The topological polar surface area (TPSA) is 46.3 Å². The fourth-order valence-corrected chi connectivity index (χ4v) is 3.34. The number of carbonyl (C=O) groups is 1. The standard InChI is InChI=1S/C21H19FN2O2/c22-17-8-9-18-16(13-17)7-4-12-24(18)21(25)11-10-20-23-14-19(26-20)15-5-2-1-3-6-15/h1-3,5-6,8-9,13-14H,4,7,10-12H2. The van der Waals surface area contributed by atoms with Crippen LogP contribution >= 0.6 is 0 Å². The van der Waals surface area contributed by atoms with E-state index in [4.69, 9.17) is 4.42 Å². The number of hydrogen-bond donors (Lipinski definition) is 0. The van der Waals surface area contributed by atoms with E-state index in [9.17, 15) is 9.18 Å².